The molecule has 3 rings (SSSR count). The summed E-state index contributed by atoms with van der Waals surface area (Å²) in [7, 11) is 1.49. The van der Waals surface area contributed by atoms with Crippen LogP contribution in [0.5, 0.6) is 23.0 Å². The van der Waals surface area contributed by atoms with Crippen molar-refractivity contribution in [2.75, 3.05) is 33.4 Å². The lowest BCUT2D eigenvalue weighted by Crippen LogP contribution is -2.45. The molecule has 0 radical (unpaired) electrons. The first-order valence-electron chi connectivity index (χ1n) is 9.01. The fourth-order valence-corrected chi connectivity index (χ4v) is 2.89. The van der Waals surface area contributed by atoms with E-state index in [0.29, 0.717) is 48.3 Å². The van der Waals surface area contributed by atoms with Crippen LogP contribution in [0.4, 0.5) is 0 Å². The van der Waals surface area contributed by atoms with Crippen LogP contribution < -0.4 is 18.9 Å². The number of ether oxygens (including phenoxy) is 4. The van der Waals surface area contributed by atoms with Crippen molar-refractivity contribution in [2.24, 2.45) is 0 Å². The number of hydrogen-bond donors (Lipinski definition) is 0. The van der Waals surface area contributed by atoms with Gasteiger partial charge in [0.25, 0.3) is 5.91 Å². The van der Waals surface area contributed by atoms with E-state index in [1.807, 2.05) is 37.3 Å². The summed E-state index contributed by atoms with van der Waals surface area (Å²) in [5.41, 5.74) is 0.459. The van der Waals surface area contributed by atoms with Gasteiger partial charge in [-0.05, 0) is 31.2 Å². The highest BCUT2D eigenvalue weighted by atomic mass is 16.6. The second-order valence-electron chi connectivity index (χ2n) is 6.20. The van der Waals surface area contributed by atoms with Gasteiger partial charge in [0.05, 0.1) is 25.3 Å². The fourth-order valence-electron chi connectivity index (χ4n) is 2.89. The van der Waals surface area contributed by atoms with Crippen LogP contribution in [0.15, 0.2) is 42.5 Å². The quantitative estimate of drug-likeness (QED) is 0.732. The van der Waals surface area contributed by atoms with Gasteiger partial charge in [0.1, 0.15) is 6.61 Å². The summed E-state index contributed by atoms with van der Waals surface area (Å²) in [5.74, 6) is 2.05. The number of carbonyl (C=O) groups is 1. The molecule has 0 unspecified atom stereocenters. The van der Waals surface area contributed by atoms with Crippen molar-refractivity contribution in [1.29, 1.82) is 5.26 Å². The SMILES string of the molecule is CCN(C[C@H]1COc2ccccc2O1)C(=O)COc1ccc(C#N)cc1OC. The molecule has 0 aliphatic carbocycles. The summed E-state index contributed by atoms with van der Waals surface area (Å²) in [5, 5.41) is 8.96. The lowest BCUT2D eigenvalue weighted by Gasteiger charge is -2.30. The van der Waals surface area contributed by atoms with E-state index in [1.165, 1.54) is 7.11 Å². The minimum atomic E-state index is -0.247. The highest BCUT2D eigenvalue weighted by Gasteiger charge is 2.25. The molecule has 7 heteroatoms. The monoisotopic (exact) mass is 382 g/mol. The minimum Gasteiger partial charge on any atom is -0.493 e. The molecule has 0 saturated carbocycles. The van der Waals surface area contributed by atoms with Gasteiger partial charge in [-0.25, -0.2) is 0 Å². The second-order valence-corrected chi connectivity index (χ2v) is 6.20. The molecule has 0 spiro atoms. The molecule has 7 nitrogen and oxygen atoms in total. The zero-order chi connectivity index (χ0) is 19.9. The number of benzene rings is 2. The van der Waals surface area contributed by atoms with E-state index in [2.05, 4.69) is 0 Å². The van der Waals surface area contributed by atoms with Crippen molar-refractivity contribution in [3.05, 3.63) is 48.0 Å². The lowest BCUT2D eigenvalue weighted by molar-refractivity contribution is -0.134. The minimum absolute atomic E-state index is 0.139. The number of amides is 1. The second kappa shape index (κ2) is 9.00. The zero-order valence-corrected chi connectivity index (χ0v) is 15.9. The van der Waals surface area contributed by atoms with Crippen molar-refractivity contribution in [3.8, 4) is 29.1 Å². The van der Waals surface area contributed by atoms with E-state index in [9.17, 15) is 4.79 Å². The van der Waals surface area contributed by atoms with Gasteiger partial charge in [-0.3, -0.25) is 4.79 Å². The number of nitriles is 1. The highest BCUT2D eigenvalue weighted by Crippen LogP contribution is 2.31. The number of para-hydroxylation sites is 2. The molecule has 0 N–H and O–H groups in total. The normalized spacial score (nSPS) is 14.7. The molecule has 2 aromatic rings. The van der Waals surface area contributed by atoms with Gasteiger partial charge in [0.2, 0.25) is 0 Å². The molecule has 0 saturated heterocycles. The summed E-state index contributed by atoms with van der Waals surface area (Å²) in [6.45, 7) is 3.06. The maximum absolute atomic E-state index is 12.6. The molecular weight excluding hydrogens is 360 g/mol. The summed E-state index contributed by atoms with van der Waals surface area (Å²) in [4.78, 5) is 14.3. The first kappa shape index (κ1) is 19.4. The highest BCUT2D eigenvalue weighted by molar-refractivity contribution is 5.78. The molecule has 146 valence electrons. The Morgan fingerprint density at radius 1 is 1.25 bits per heavy atom. The molecular formula is C21H22N2O5. The Labute approximate surface area is 164 Å². The van der Waals surface area contributed by atoms with Gasteiger partial charge >= 0.3 is 0 Å². The Hall–Kier alpha value is -3.40. The molecule has 2 aromatic carbocycles. The molecule has 0 bridgehead atoms. The molecule has 1 heterocycles. The molecule has 1 atom stereocenters. The van der Waals surface area contributed by atoms with Gasteiger partial charge < -0.3 is 23.8 Å². The maximum Gasteiger partial charge on any atom is 0.260 e. The summed E-state index contributed by atoms with van der Waals surface area (Å²) in [6, 6.07) is 14.3. The van der Waals surface area contributed by atoms with Crippen LogP contribution in [-0.4, -0.2) is 50.3 Å². The Bertz CT molecular complexity index is 877. The number of carbonyl (C=O) groups excluding carboxylic acids is 1. The molecule has 1 amide bonds. The Balaban J connectivity index is 1.58. The molecule has 1 aliphatic heterocycles. The molecule has 0 aromatic heterocycles. The lowest BCUT2D eigenvalue weighted by atomic mass is 10.2. The standard InChI is InChI=1S/C21H22N2O5/c1-3-23(12-16-13-26-17-6-4-5-7-19(17)28-16)21(24)14-27-18-9-8-15(11-22)10-20(18)25-2/h4-10,16H,3,12-14H2,1-2H3/t16-/m0/s1. The number of fused-ring (bicyclic) bond motifs is 1. The van der Waals surface area contributed by atoms with Gasteiger partial charge in [-0.2, -0.15) is 5.26 Å². The van der Waals surface area contributed by atoms with Crippen molar-refractivity contribution in [2.45, 2.75) is 13.0 Å². The van der Waals surface area contributed by atoms with Crippen molar-refractivity contribution in [1.82, 2.24) is 4.90 Å². The third kappa shape index (κ3) is 4.46. The van der Waals surface area contributed by atoms with Crippen LogP contribution in [0.3, 0.4) is 0 Å². The van der Waals surface area contributed by atoms with E-state index in [0.717, 1.165) is 0 Å². The third-order valence-corrected chi connectivity index (χ3v) is 4.37. The summed E-state index contributed by atoms with van der Waals surface area (Å²) < 4.78 is 22.5. The Morgan fingerprint density at radius 2 is 2.04 bits per heavy atom. The average molecular weight is 382 g/mol. The van der Waals surface area contributed by atoms with Crippen LogP contribution in [0.25, 0.3) is 0 Å². The third-order valence-electron chi connectivity index (χ3n) is 4.37. The number of rotatable bonds is 7. The van der Waals surface area contributed by atoms with E-state index in [4.69, 9.17) is 24.2 Å². The first-order valence-corrected chi connectivity index (χ1v) is 9.01. The molecule has 0 fully saturated rings. The largest absolute Gasteiger partial charge is 0.493 e. The Morgan fingerprint density at radius 3 is 2.75 bits per heavy atom. The first-order chi connectivity index (χ1) is 13.6. The van der Waals surface area contributed by atoms with E-state index >= 15 is 0 Å². The molecule has 1 aliphatic rings. The van der Waals surface area contributed by atoms with Gasteiger partial charge in [0.15, 0.2) is 35.7 Å². The van der Waals surface area contributed by atoms with Gasteiger partial charge in [0, 0.05) is 12.6 Å². The summed E-state index contributed by atoms with van der Waals surface area (Å²) in [6.07, 6.45) is -0.247. The number of nitrogens with zero attached hydrogens (tertiary/aromatic N) is 2. The van der Waals surface area contributed by atoms with Crippen molar-refractivity contribution < 1.29 is 23.7 Å². The predicted molar refractivity (Wildman–Crippen MR) is 102 cm³/mol. The van der Waals surface area contributed by atoms with E-state index < -0.39 is 0 Å². The van der Waals surface area contributed by atoms with Crippen LogP contribution in [0, 0.1) is 11.3 Å². The van der Waals surface area contributed by atoms with Crippen LogP contribution >= 0.6 is 0 Å². The van der Waals surface area contributed by atoms with Crippen molar-refractivity contribution >= 4 is 5.91 Å². The molecule has 28 heavy (non-hydrogen) atoms. The zero-order valence-electron chi connectivity index (χ0n) is 15.9. The van der Waals surface area contributed by atoms with E-state index in [1.54, 1.807) is 23.1 Å². The Kier molecular flexibility index (Phi) is 6.22. The van der Waals surface area contributed by atoms with Crippen LogP contribution in [-0.2, 0) is 4.79 Å². The smallest absolute Gasteiger partial charge is 0.260 e. The van der Waals surface area contributed by atoms with Crippen LogP contribution in [0.2, 0.25) is 0 Å². The number of methoxy groups -OCH3 is 1. The number of likely N-dealkylation sites (N-methyl/N-ethyl adjacent to an activating group) is 1. The fraction of sp³-hybridized carbons (Fsp3) is 0.333. The van der Waals surface area contributed by atoms with Crippen LogP contribution in [0.1, 0.15) is 12.5 Å². The topological polar surface area (TPSA) is 81.0 Å². The number of hydrogen-bond acceptors (Lipinski definition) is 6. The van der Waals surface area contributed by atoms with E-state index in [-0.39, 0.29) is 18.6 Å². The maximum atomic E-state index is 12.6. The summed E-state index contributed by atoms with van der Waals surface area (Å²) >= 11 is 0. The predicted octanol–water partition coefficient (Wildman–Crippen LogP) is 2.63. The van der Waals surface area contributed by atoms with Gasteiger partial charge in [-0.15, -0.1) is 0 Å². The average Bonchev–Trinajstić information content (AvgIpc) is 2.75. The van der Waals surface area contributed by atoms with Crippen molar-refractivity contribution in [3.63, 3.8) is 0 Å². The van der Waals surface area contributed by atoms with Gasteiger partial charge in [-0.1, -0.05) is 12.1 Å².